The molecule has 0 radical (unpaired) electrons. The van der Waals surface area contributed by atoms with Crippen molar-refractivity contribution in [3.63, 3.8) is 0 Å². The van der Waals surface area contributed by atoms with Gasteiger partial charge in [-0.15, -0.1) is 0 Å². The minimum Gasteiger partial charge on any atom is -0.392 e. The number of imidazole rings is 1. The van der Waals surface area contributed by atoms with Gasteiger partial charge in [0.1, 0.15) is 0 Å². The summed E-state index contributed by atoms with van der Waals surface area (Å²) < 4.78 is 2.05. The maximum Gasteiger partial charge on any atom is 0.234 e. The van der Waals surface area contributed by atoms with Crippen LogP contribution in [0.2, 0.25) is 0 Å². The van der Waals surface area contributed by atoms with Crippen molar-refractivity contribution in [3.05, 3.63) is 29.3 Å². The van der Waals surface area contributed by atoms with Gasteiger partial charge >= 0.3 is 0 Å². The summed E-state index contributed by atoms with van der Waals surface area (Å²) in [7, 11) is 0. The van der Waals surface area contributed by atoms with E-state index in [9.17, 15) is 5.11 Å². The van der Waals surface area contributed by atoms with Gasteiger partial charge in [0.05, 0.1) is 18.0 Å². The number of aliphatic hydroxyl groups is 1. The molecule has 2 N–H and O–H groups in total. The summed E-state index contributed by atoms with van der Waals surface area (Å²) in [4.78, 5) is 8.73. The van der Waals surface area contributed by atoms with E-state index in [1.54, 1.807) is 0 Å². The molecule has 104 valence electrons. The number of nitrogens with one attached hydrogen (secondary N) is 1. The first-order chi connectivity index (χ1) is 9.11. The second-order valence-corrected chi connectivity index (χ2v) is 5.00. The second kappa shape index (κ2) is 6.12. The number of nitrogens with zero attached hydrogens (tertiary/aromatic N) is 3. The number of aryl methyl sites for hydroxylation is 2. The van der Waals surface area contributed by atoms with Gasteiger partial charge in [-0.05, 0) is 26.3 Å². The second-order valence-electron chi connectivity index (χ2n) is 5.00. The van der Waals surface area contributed by atoms with E-state index in [1.165, 1.54) is 0 Å². The molecule has 2 rings (SSSR count). The zero-order chi connectivity index (χ0) is 13.8. The average Bonchev–Trinajstić information content (AvgIpc) is 2.72. The fourth-order valence-corrected chi connectivity index (χ4v) is 2.32. The monoisotopic (exact) mass is 262 g/mol. The Morgan fingerprint density at radius 3 is 2.95 bits per heavy atom. The van der Waals surface area contributed by atoms with Crippen LogP contribution in [0.25, 0.3) is 5.78 Å². The molecule has 0 aliphatic heterocycles. The van der Waals surface area contributed by atoms with Gasteiger partial charge in [-0.3, -0.25) is 4.40 Å². The maximum absolute atomic E-state index is 9.68. The SMILES string of the molecule is CCCC(O)CNCc1cnc2nc(C)cc(C)n12. The summed E-state index contributed by atoms with van der Waals surface area (Å²) in [6.07, 6.45) is 3.40. The third kappa shape index (κ3) is 3.30. The molecule has 0 aromatic carbocycles. The molecule has 0 fully saturated rings. The zero-order valence-electron chi connectivity index (χ0n) is 11.8. The van der Waals surface area contributed by atoms with Crippen LogP contribution in [0.3, 0.4) is 0 Å². The molecule has 0 saturated carbocycles. The van der Waals surface area contributed by atoms with Gasteiger partial charge in [0.2, 0.25) is 5.78 Å². The lowest BCUT2D eigenvalue weighted by Crippen LogP contribution is -2.26. The van der Waals surface area contributed by atoms with E-state index < -0.39 is 0 Å². The van der Waals surface area contributed by atoms with Gasteiger partial charge in [0.15, 0.2) is 0 Å². The fourth-order valence-electron chi connectivity index (χ4n) is 2.32. The summed E-state index contributed by atoms with van der Waals surface area (Å²) >= 11 is 0. The van der Waals surface area contributed by atoms with Crippen molar-refractivity contribution in [2.24, 2.45) is 0 Å². The third-order valence-corrected chi connectivity index (χ3v) is 3.17. The molecule has 2 heterocycles. The molecule has 0 aliphatic carbocycles. The molecule has 5 nitrogen and oxygen atoms in total. The summed E-state index contributed by atoms with van der Waals surface area (Å²) in [5.41, 5.74) is 3.18. The number of fused-ring (bicyclic) bond motifs is 1. The van der Waals surface area contributed by atoms with Crippen LogP contribution in [-0.2, 0) is 6.54 Å². The number of hydrogen-bond donors (Lipinski definition) is 2. The summed E-state index contributed by atoms with van der Waals surface area (Å²) in [6, 6.07) is 2.05. The van der Waals surface area contributed by atoms with E-state index in [2.05, 4.69) is 29.1 Å². The van der Waals surface area contributed by atoms with E-state index in [4.69, 9.17) is 0 Å². The zero-order valence-corrected chi connectivity index (χ0v) is 11.8. The van der Waals surface area contributed by atoms with Crippen LogP contribution in [0.1, 0.15) is 36.8 Å². The molecule has 1 atom stereocenters. The lowest BCUT2D eigenvalue weighted by molar-refractivity contribution is 0.160. The molecule has 19 heavy (non-hydrogen) atoms. The molecule has 0 bridgehead atoms. The van der Waals surface area contributed by atoms with Crippen molar-refractivity contribution in [2.75, 3.05) is 6.54 Å². The topological polar surface area (TPSA) is 62.5 Å². The maximum atomic E-state index is 9.68. The van der Waals surface area contributed by atoms with Crippen molar-refractivity contribution >= 4 is 5.78 Å². The van der Waals surface area contributed by atoms with Crippen molar-refractivity contribution < 1.29 is 5.11 Å². The van der Waals surface area contributed by atoms with Crippen LogP contribution in [0.5, 0.6) is 0 Å². The van der Waals surface area contributed by atoms with E-state index in [0.29, 0.717) is 13.1 Å². The van der Waals surface area contributed by atoms with Gasteiger partial charge < -0.3 is 10.4 Å². The number of hydrogen-bond acceptors (Lipinski definition) is 4. The van der Waals surface area contributed by atoms with Gasteiger partial charge in [-0.1, -0.05) is 13.3 Å². The summed E-state index contributed by atoms with van der Waals surface area (Å²) in [6.45, 7) is 7.40. The van der Waals surface area contributed by atoms with Crippen LogP contribution < -0.4 is 5.32 Å². The first-order valence-electron chi connectivity index (χ1n) is 6.81. The summed E-state index contributed by atoms with van der Waals surface area (Å²) in [5.74, 6) is 0.739. The van der Waals surface area contributed by atoms with Crippen LogP contribution in [0, 0.1) is 13.8 Å². The van der Waals surface area contributed by atoms with Crippen molar-refractivity contribution in [2.45, 2.75) is 46.3 Å². The standard InChI is InChI=1S/C14H22N4O/c1-4-5-13(19)9-15-7-12-8-16-14-17-10(2)6-11(3)18(12)14/h6,8,13,15,19H,4-5,7,9H2,1-3H3. The van der Waals surface area contributed by atoms with Crippen LogP contribution in [0.15, 0.2) is 12.3 Å². The first-order valence-corrected chi connectivity index (χ1v) is 6.81. The molecule has 2 aromatic rings. The Labute approximate surface area is 113 Å². The Balaban J connectivity index is 2.05. The van der Waals surface area contributed by atoms with Crippen molar-refractivity contribution in [3.8, 4) is 0 Å². The molecular weight excluding hydrogens is 240 g/mol. The number of aliphatic hydroxyl groups excluding tert-OH is 1. The van der Waals surface area contributed by atoms with Gasteiger partial charge in [-0.2, -0.15) is 0 Å². The predicted octanol–water partition coefficient (Wildman–Crippen LogP) is 1.60. The fraction of sp³-hybridized carbons (Fsp3) is 0.571. The molecule has 0 amide bonds. The highest BCUT2D eigenvalue weighted by Crippen LogP contribution is 2.10. The highest BCUT2D eigenvalue weighted by Gasteiger charge is 2.08. The molecule has 0 aliphatic rings. The van der Waals surface area contributed by atoms with Gasteiger partial charge in [-0.25, -0.2) is 9.97 Å². The summed E-state index contributed by atoms with van der Waals surface area (Å²) in [5, 5.41) is 13.0. The quantitative estimate of drug-likeness (QED) is 0.830. The van der Waals surface area contributed by atoms with Crippen molar-refractivity contribution in [1.82, 2.24) is 19.7 Å². The van der Waals surface area contributed by atoms with E-state index in [1.807, 2.05) is 23.6 Å². The Bertz CT molecular complexity index is 550. The predicted molar refractivity (Wildman–Crippen MR) is 75.1 cm³/mol. The van der Waals surface area contributed by atoms with E-state index in [0.717, 1.165) is 35.7 Å². The number of rotatable bonds is 6. The number of aromatic nitrogens is 3. The molecule has 5 heteroatoms. The van der Waals surface area contributed by atoms with Crippen LogP contribution in [-0.4, -0.2) is 32.1 Å². The largest absolute Gasteiger partial charge is 0.392 e. The lowest BCUT2D eigenvalue weighted by atomic mass is 10.2. The Morgan fingerprint density at radius 1 is 1.42 bits per heavy atom. The molecule has 2 aromatic heterocycles. The van der Waals surface area contributed by atoms with E-state index in [-0.39, 0.29) is 6.10 Å². The average molecular weight is 262 g/mol. The third-order valence-electron chi connectivity index (χ3n) is 3.17. The molecule has 1 unspecified atom stereocenters. The smallest absolute Gasteiger partial charge is 0.234 e. The normalized spacial score (nSPS) is 13.1. The minimum absolute atomic E-state index is 0.273. The van der Waals surface area contributed by atoms with Gasteiger partial charge in [0, 0.05) is 24.5 Å². The van der Waals surface area contributed by atoms with Crippen molar-refractivity contribution in [1.29, 1.82) is 0 Å². The molecular formula is C14H22N4O. The Morgan fingerprint density at radius 2 is 2.21 bits per heavy atom. The van der Waals surface area contributed by atoms with Crippen LogP contribution >= 0.6 is 0 Å². The highest BCUT2D eigenvalue weighted by molar-refractivity contribution is 5.35. The minimum atomic E-state index is -0.273. The van der Waals surface area contributed by atoms with Gasteiger partial charge in [0.25, 0.3) is 0 Å². The van der Waals surface area contributed by atoms with E-state index >= 15 is 0 Å². The van der Waals surface area contributed by atoms with Crippen LogP contribution in [0.4, 0.5) is 0 Å². The molecule has 0 saturated heterocycles. The lowest BCUT2D eigenvalue weighted by Gasteiger charge is -2.11. The first kappa shape index (κ1) is 14.0. The Hall–Kier alpha value is -1.46. The highest BCUT2D eigenvalue weighted by atomic mass is 16.3. The molecule has 0 spiro atoms. The Kier molecular flexibility index (Phi) is 4.50.